The van der Waals surface area contributed by atoms with Crippen LogP contribution >= 0.6 is 0 Å². The Morgan fingerprint density at radius 2 is 2.06 bits per heavy atom. The lowest BCUT2D eigenvalue weighted by atomic mass is 9.78. The summed E-state index contributed by atoms with van der Waals surface area (Å²) in [6.45, 7) is 9.14. The second-order valence-electron chi connectivity index (χ2n) is 6.74. The van der Waals surface area contributed by atoms with Crippen molar-refractivity contribution in [1.29, 1.82) is 0 Å². The summed E-state index contributed by atoms with van der Waals surface area (Å²) in [7, 11) is 0. The van der Waals surface area contributed by atoms with Gasteiger partial charge in [0, 0.05) is 31.5 Å². The molecule has 2 aliphatic rings. The van der Waals surface area contributed by atoms with E-state index < -0.39 is 0 Å². The van der Waals surface area contributed by atoms with Crippen molar-refractivity contribution in [2.24, 2.45) is 17.8 Å². The molecule has 0 radical (unpaired) electrons. The molecular weight excluding hydrogens is 222 g/mol. The number of carbonyl (C=O) groups is 1. The molecule has 0 N–H and O–H groups in total. The van der Waals surface area contributed by atoms with Gasteiger partial charge in [0.15, 0.2) is 0 Å². The van der Waals surface area contributed by atoms with Gasteiger partial charge in [0.05, 0.1) is 0 Å². The summed E-state index contributed by atoms with van der Waals surface area (Å²) in [6.07, 6.45) is 7.03. The highest BCUT2D eigenvalue weighted by Gasteiger charge is 2.33. The zero-order chi connectivity index (χ0) is 13.1. The lowest BCUT2D eigenvalue weighted by Gasteiger charge is -2.32. The molecule has 1 heterocycles. The van der Waals surface area contributed by atoms with Crippen LogP contribution in [0.25, 0.3) is 0 Å². The van der Waals surface area contributed by atoms with E-state index in [1.165, 1.54) is 25.8 Å². The van der Waals surface area contributed by atoms with E-state index in [4.69, 9.17) is 0 Å². The van der Waals surface area contributed by atoms with Crippen LogP contribution in [0, 0.1) is 17.8 Å². The number of likely N-dealkylation sites (tertiary alicyclic amines) is 1. The summed E-state index contributed by atoms with van der Waals surface area (Å²) >= 11 is 0. The fourth-order valence-corrected chi connectivity index (χ4v) is 3.97. The van der Waals surface area contributed by atoms with Gasteiger partial charge in [-0.1, -0.05) is 26.7 Å². The number of ketones is 1. The van der Waals surface area contributed by atoms with E-state index in [9.17, 15) is 4.79 Å². The van der Waals surface area contributed by atoms with Crippen LogP contribution in [0.15, 0.2) is 0 Å². The maximum atomic E-state index is 12.1. The molecule has 0 spiro atoms. The van der Waals surface area contributed by atoms with Gasteiger partial charge in [0.2, 0.25) is 0 Å². The van der Waals surface area contributed by atoms with Gasteiger partial charge in [-0.15, -0.1) is 0 Å². The van der Waals surface area contributed by atoms with Crippen molar-refractivity contribution in [3.8, 4) is 0 Å². The first-order chi connectivity index (χ1) is 8.60. The molecule has 2 fully saturated rings. The van der Waals surface area contributed by atoms with Crippen molar-refractivity contribution in [3.63, 3.8) is 0 Å². The molecule has 2 heteroatoms. The third-order valence-corrected chi connectivity index (χ3v) is 4.94. The third kappa shape index (κ3) is 3.34. The summed E-state index contributed by atoms with van der Waals surface area (Å²) in [6, 6.07) is 0.680. The van der Waals surface area contributed by atoms with E-state index in [2.05, 4.69) is 25.7 Å². The average molecular weight is 251 g/mol. The lowest BCUT2D eigenvalue weighted by molar-refractivity contribution is -0.126. The van der Waals surface area contributed by atoms with Crippen molar-refractivity contribution in [3.05, 3.63) is 0 Å². The predicted molar refractivity (Wildman–Crippen MR) is 75.6 cm³/mol. The Kier molecular flexibility index (Phi) is 4.83. The highest BCUT2D eigenvalue weighted by molar-refractivity contribution is 5.82. The Morgan fingerprint density at radius 1 is 1.28 bits per heavy atom. The molecule has 4 unspecified atom stereocenters. The van der Waals surface area contributed by atoms with E-state index >= 15 is 0 Å². The zero-order valence-corrected chi connectivity index (χ0v) is 12.3. The Bertz CT molecular complexity index is 289. The van der Waals surface area contributed by atoms with Crippen LogP contribution in [0.4, 0.5) is 0 Å². The molecule has 1 saturated heterocycles. The van der Waals surface area contributed by atoms with Crippen molar-refractivity contribution in [2.75, 3.05) is 13.1 Å². The molecule has 2 nitrogen and oxygen atoms in total. The van der Waals surface area contributed by atoms with Gasteiger partial charge < -0.3 is 0 Å². The minimum atomic E-state index is 0.336. The number of rotatable bonds is 4. The minimum Gasteiger partial charge on any atom is -0.300 e. The topological polar surface area (TPSA) is 20.3 Å². The van der Waals surface area contributed by atoms with Crippen molar-refractivity contribution < 1.29 is 4.79 Å². The summed E-state index contributed by atoms with van der Waals surface area (Å²) in [5, 5.41) is 0. The van der Waals surface area contributed by atoms with Gasteiger partial charge in [0.25, 0.3) is 0 Å². The molecule has 1 saturated carbocycles. The number of hydrogen-bond donors (Lipinski definition) is 0. The van der Waals surface area contributed by atoms with Crippen molar-refractivity contribution in [1.82, 2.24) is 4.90 Å². The molecular formula is C16H29NO. The molecule has 1 aliphatic carbocycles. The van der Waals surface area contributed by atoms with Gasteiger partial charge in [-0.25, -0.2) is 0 Å². The van der Waals surface area contributed by atoms with Crippen LogP contribution in [0.1, 0.15) is 59.3 Å². The Hall–Kier alpha value is -0.370. The van der Waals surface area contributed by atoms with Crippen LogP contribution in [0.3, 0.4) is 0 Å². The van der Waals surface area contributed by atoms with Crippen LogP contribution < -0.4 is 0 Å². The fraction of sp³-hybridized carbons (Fsp3) is 0.938. The standard InChI is InChI=1S/C16H29NO/c1-4-5-14-6-7-16(18)15(9-14)11-17-10-12(2)8-13(17)3/h12-15H,4-11H2,1-3H3. The second kappa shape index (κ2) is 6.18. The van der Waals surface area contributed by atoms with E-state index in [1.807, 2.05) is 0 Å². The summed E-state index contributed by atoms with van der Waals surface area (Å²) in [5.74, 6) is 2.50. The van der Waals surface area contributed by atoms with E-state index in [1.54, 1.807) is 0 Å². The molecule has 2 rings (SSSR count). The van der Waals surface area contributed by atoms with E-state index in [0.717, 1.165) is 37.6 Å². The van der Waals surface area contributed by atoms with Crippen LogP contribution in [0.2, 0.25) is 0 Å². The van der Waals surface area contributed by atoms with Crippen molar-refractivity contribution >= 4 is 5.78 Å². The monoisotopic (exact) mass is 251 g/mol. The second-order valence-corrected chi connectivity index (χ2v) is 6.74. The molecule has 18 heavy (non-hydrogen) atoms. The first-order valence-corrected chi connectivity index (χ1v) is 7.86. The zero-order valence-electron chi connectivity index (χ0n) is 12.3. The Balaban J connectivity index is 1.88. The molecule has 0 aromatic heterocycles. The number of carbonyl (C=O) groups excluding carboxylic acids is 1. The smallest absolute Gasteiger partial charge is 0.137 e. The normalized spacial score (nSPS) is 38.3. The summed E-state index contributed by atoms with van der Waals surface area (Å²) in [5.41, 5.74) is 0. The first-order valence-electron chi connectivity index (χ1n) is 7.86. The number of nitrogens with zero attached hydrogens (tertiary/aromatic N) is 1. The maximum absolute atomic E-state index is 12.1. The lowest BCUT2D eigenvalue weighted by Crippen LogP contribution is -2.38. The van der Waals surface area contributed by atoms with Gasteiger partial charge in [-0.05, 0) is 38.0 Å². The Morgan fingerprint density at radius 3 is 2.67 bits per heavy atom. The maximum Gasteiger partial charge on any atom is 0.137 e. The predicted octanol–water partition coefficient (Wildman–Crippen LogP) is 3.50. The molecule has 1 aliphatic heterocycles. The molecule has 0 aromatic rings. The Labute approximate surface area is 112 Å². The molecule has 0 bridgehead atoms. The quantitative estimate of drug-likeness (QED) is 0.762. The third-order valence-electron chi connectivity index (χ3n) is 4.94. The molecule has 104 valence electrons. The molecule has 4 atom stereocenters. The van der Waals surface area contributed by atoms with Gasteiger partial charge in [0.1, 0.15) is 5.78 Å². The van der Waals surface area contributed by atoms with Gasteiger partial charge >= 0.3 is 0 Å². The van der Waals surface area contributed by atoms with E-state index in [0.29, 0.717) is 17.7 Å². The van der Waals surface area contributed by atoms with Gasteiger partial charge in [-0.2, -0.15) is 0 Å². The number of hydrogen-bond acceptors (Lipinski definition) is 2. The van der Waals surface area contributed by atoms with Crippen LogP contribution in [0.5, 0.6) is 0 Å². The van der Waals surface area contributed by atoms with Crippen molar-refractivity contribution in [2.45, 2.75) is 65.3 Å². The summed E-state index contributed by atoms with van der Waals surface area (Å²) < 4.78 is 0. The highest BCUT2D eigenvalue weighted by atomic mass is 16.1. The molecule has 0 amide bonds. The highest BCUT2D eigenvalue weighted by Crippen LogP contribution is 2.32. The largest absolute Gasteiger partial charge is 0.300 e. The molecule has 0 aromatic carbocycles. The number of Topliss-reactive ketones (excluding diaryl/α,β-unsaturated/α-hetero) is 1. The first kappa shape index (κ1) is 14.0. The minimum absolute atomic E-state index is 0.336. The van der Waals surface area contributed by atoms with E-state index in [-0.39, 0.29) is 0 Å². The van der Waals surface area contributed by atoms with Crippen LogP contribution in [-0.2, 0) is 4.79 Å². The SMILES string of the molecule is CCCC1CCC(=O)C(CN2CC(C)CC2C)C1. The van der Waals surface area contributed by atoms with Gasteiger partial charge in [-0.3, -0.25) is 9.69 Å². The summed E-state index contributed by atoms with van der Waals surface area (Å²) in [4.78, 5) is 14.7. The average Bonchev–Trinajstić information content (AvgIpc) is 2.62. The fourth-order valence-electron chi connectivity index (χ4n) is 3.97. The van der Waals surface area contributed by atoms with Crippen LogP contribution in [-0.4, -0.2) is 29.8 Å².